The molecule has 28 heavy (non-hydrogen) atoms. The normalized spacial score (nSPS) is 21.3. The summed E-state index contributed by atoms with van der Waals surface area (Å²) in [6.07, 6.45) is 24.4. The average Bonchev–Trinajstić information content (AvgIpc) is 3.08. The molecule has 0 aromatic carbocycles. The van der Waals surface area contributed by atoms with Crippen LogP contribution < -0.4 is 0 Å². The summed E-state index contributed by atoms with van der Waals surface area (Å²) in [5.41, 5.74) is -1.22. The fraction of sp³-hybridized carbons (Fsp3) is 0.583. The van der Waals surface area contributed by atoms with E-state index in [4.69, 9.17) is 12.8 Å². The lowest BCUT2D eigenvalue weighted by molar-refractivity contribution is -0.147. The molecule has 0 amide bonds. The number of Topliss-reactive ketones (excluding diaryl/α,β-unsaturated/α-hetero) is 1. The second-order valence-corrected chi connectivity index (χ2v) is 7.47. The topological polar surface area (TPSA) is 74.6 Å². The molecule has 0 aromatic rings. The molecule has 4 atom stereocenters. The maximum atomic E-state index is 12.0. The van der Waals surface area contributed by atoms with Crippen LogP contribution in [0.4, 0.5) is 0 Å². The van der Waals surface area contributed by atoms with Crippen LogP contribution in [-0.4, -0.2) is 27.6 Å². The van der Waals surface area contributed by atoms with Crippen molar-refractivity contribution in [1.82, 2.24) is 0 Å². The molecule has 0 saturated heterocycles. The summed E-state index contributed by atoms with van der Waals surface area (Å²) in [4.78, 5) is 23.7. The molecule has 0 bridgehead atoms. The Balaban J connectivity index is 2.59. The molecule has 2 N–H and O–H groups in total. The van der Waals surface area contributed by atoms with Gasteiger partial charge in [0.1, 0.15) is 11.4 Å². The van der Waals surface area contributed by atoms with Gasteiger partial charge in [-0.1, -0.05) is 43.9 Å². The van der Waals surface area contributed by atoms with E-state index < -0.39 is 29.3 Å². The number of aliphatic carboxylic acids is 1. The van der Waals surface area contributed by atoms with E-state index in [1.54, 1.807) is 6.08 Å². The van der Waals surface area contributed by atoms with E-state index in [1.165, 1.54) is 0 Å². The maximum absolute atomic E-state index is 12.0. The number of allylic oxidation sites excluding steroid dienone is 3. The highest BCUT2D eigenvalue weighted by atomic mass is 16.4. The number of ketones is 1. The lowest BCUT2D eigenvalue weighted by atomic mass is 9.79. The van der Waals surface area contributed by atoms with Crippen LogP contribution in [0.5, 0.6) is 0 Å². The number of carboxylic acid groups (broad SMARTS) is 1. The highest BCUT2D eigenvalue weighted by Gasteiger charge is 2.40. The number of rotatable bonds is 12. The first-order chi connectivity index (χ1) is 13.4. The van der Waals surface area contributed by atoms with E-state index >= 15 is 0 Å². The number of carbonyl (C=O) groups is 2. The molecule has 0 aromatic heterocycles. The SMILES string of the molecule is C#CC(C/C=C/C/C=C\[C@@](O)(C#C)CCCCC)[C@H](C(=O)O)[C@H]1CCCC1=O. The van der Waals surface area contributed by atoms with Gasteiger partial charge in [0, 0.05) is 18.3 Å². The largest absolute Gasteiger partial charge is 0.481 e. The van der Waals surface area contributed by atoms with Gasteiger partial charge in [-0.3, -0.25) is 9.59 Å². The smallest absolute Gasteiger partial charge is 0.308 e. The van der Waals surface area contributed by atoms with Crippen LogP contribution in [0.1, 0.15) is 64.7 Å². The lowest BCUT2D eigenvalue weighted by Gasteiger charge is -2.23. The number of carboxylic acids is 1. The summed E-state index contributed by atoms with van der Waals surface area (Å²) < 4.78 is 0. The number of terminal acetylenes is 2. The average molecular weight is 385 g/mol. The van der Waals surface area contributed by atoms with Crippen molar-refractivity contribution in [3.05, 3.63) is 24.3 Å². The molecule has 152 valence electrons. The van der Waals surface area contributed by atoms with Crippen molar-refractivity contribution >= 4 is 11.8 Å². The highest BCUT2D eigenvalue weighted by Crippen LogP contribution is 2.34. The van der Waals surface area contributed by atoms with Crippen molar-refractivity contribution in [1.29, 1.82) is 0 Å². The Kier molecular flexibility index (Phi) is 10.4. The maximum Gasteiger partial charge on any atom is 0.308 e. The summed E-state index contributed by atoms with van der Waals surface area (Å²) in [5, 5.41) is 19.9. The van der Waals surface area contributed by atoms with Crippen LogP contribution in [0.3, 0.4) is 0 Å². The van der Waals surface area contributed by atoms with Crippen LogP contribution in [-0.2, 0) is 9.59 Å². The number of hydrogen-bond acceptors (Lipinski definition) is 3. The molecule has 4 heteroatoms. The number of hydrogen-bond donors (Lipinski definition) is 2. The molecular formula is C24H32O4. The van der Waals surface area contributed by atoms with Gasteiger partial charge in [-0.15, -0.1) is 18.8 Å². The molecule has 0 spiro atoms. The minimum Gasteiger partial charge on any atom is -0.481 e. The van der Waals surface area contributed by atoms with Crippen LogP contribution in [0.2, 0.25) is 0 Å². The Bertz CT molecular complexity index is 661. The van der Waals surface area contributed by atoms with Gasteiger partial charge < -0.3 is 10.2 Å². The molecule has 1 unspecified atom stereocenters. The predicted molar refractivity (Wildman–Crippen MR) is 111 cm³/mol. The zero-order chi connectivity index (χ0) is 21.0. The van der Waals surface area contributed by atoms with Gasteiger partial charge in [0.25, 0.3) is 0 Å². The van der Waals surface area contributed by atoms with Gasteiger partial charge in [0.2, 0.25) is 0 Å². The van der Waals surface area contributed by atoms with Gasteiger partial charge in [-0.05, 0) is 44.6 Å². The van der Waals surface area contributed by atoms with Crippen molar-refractivity contribution < 1.29 is 19.8 Å². The fourth-order valence-electron chi connectivity index (χ4n) is 3.69. The van der Waals surface area contributed by atoms with Crippen LogP contribution in [0.25, 0.3) is 0 Å². The van der Waals surface area contributed by atoms with Crippen LogP contribution >= 0.6 is 0 Å². The van der Waals surface area contributed by atoms with E-state index in [9.17, 15) is 19.8 Å². The monoisotopic (exact) mass is 384 g/mol. The van der Waals surface area contributed by atoms with Crippen molar-refractivity contribution in [2.45, 2.75) is 70.3 Å². The molecule has 1 saturated carbocycles. The summed E-state index contributed by atoms with van der Waals surface area (Å²) in [5.74, 6) is 2.20. The first-order valence-corrected chi connectivity index (χ1v) is 10.1. The second-order valence-electron chi connectivity index (χ2n) is 7.47. The van der Waals surface area contributed by atoms with E-state index in [2.05, 4.69) is 18.8 Å². The zero-order valence-corrected chi connectivity index (χ0v) is 16.8. The molecule has 1 rings (SSSR count). The van der Waals surface area contributed by atoms with Crippen LogP contribution in [0, 0.1) is 42.4 Å². The van der Waals surface area contributed by atoms with Crippen molar-refractivity contribution in [3.8, 4) is 24.7 Å². The molecule has 1 aliphatic carbocycles. The van der Waals surface area contributed by atoms with Gasteiger partial charge in [-0.25, -0.2) is 0 Å². The van der Waals surface area contributed by atoms with E-state index in [0.29, 0.717) is 32.1 Å². The highest BCUT2D eigenvalue weighted by molar-refractivity contribution is 5.88. The third kappa shape index (κ3) is 7.37. The second kappa shape index (κ2) is 12.2. The Morgan fingerprint density at radius 3 is 2.61 bits per heavy atom. The van der Waals surface area contributed by atoms with Crippen molar-refractivity contribution in [3.63, 3.8) is 0 Å². The third-order valence-corrected chi connectivity index (χ3v) is 5.35. The number of unbranched alkanes of at least 4 members (excludes halogenated alkanes) is 2. The van der Waals surface area contributed by atoms with Crippen LogP contribution in [0.15, 0.2) is 24.3 Å². The molecule has 0 heterocycles. The Labute approximate surface area is 169 Å². The molecule has 4 nitrogen and oxygen atoms in total. The van der Waals surface area contributed by atoms with Gasteiger partial charge in [0.05, 0.1) is 5.92 Å². The minimum atomic E-state index is -1.22. The van der Waals surface area contributed by atoms with Gasteiger partial charge in [-0.2, -0.15) is 0 Å². The Morgan fingerprint density at radius 1 is 1.32 bits per heavy atom. The van der Waals surface area contributed by atoms with E-state index in [1.807, 2.05) is 18.2 Å². The Morgan fingerprint density at radius 2 is 2.07 bits per heavy atom. The summed E-state index contributed by atoms with van der Waals surface area (Å²) in [7, 11) is 0. The molecular weight excluding hydrogens is 352 g/mol. The number of aliphatic hydroxyl groups is 1. The quantitative estimate of drug-likeness (QED) is 0.301. The lowest BCUT2D eigenvalue weighted by Crippen LogP contribution is -2.32. The number of carbonyl (C=O) groups excluding carboxylic acids is 1. The minimum absolute atomic E-state index is 0.0104. The standard InChI is InChI=1S/C24H32O4/c1-4-7-11-17-24(28,6-3)18-12-9-8-10-14-19(5-2)22(23(26)27)20-15-13-16-21(20)25/h2-3,8,10,12,18-20,22,28H,4,7,9,11,13-17H2,1H3,(H,26,27)/b10-8+,18-12-/t19?,20-,22-,24+/m0/s1. The summed E-state index contributed by atoms with van der Waals surface area (Å²) >= 11 is 0. The third-order valence-electron chi connectivity index (χ3n) is 5.35. The zero-order valence-electron chi connectivity index (χ0n) is 16.8. The van der Waals surface area contributed by atoms with Crippen molar-refractivity contribution in [2.24, 2.45) is 17.8 Å². The van der Waals surface area contributed by atoms with Gasteiger partial charge in [0.15, 0.2) is 0 Å². The molecule has 0 radical (unpaired) electrons. The van der Waals surface area contributed by atoms with E-state index in [-0.39, 0.29) is 5.78 Å². The summed E-state index contributed by atoms with van der Waals surface area (Å²) in [6, 6.07) is 0. The molecule has 1 fully saturated rings. The van der Waals surface area contributed by atoms with Crippen molar-refractivity contribution in [2.75, 3.05) is 0 Å². The predicted octanol–water partition coefficient (Wildman–Crippen LogP) is 4.14. The summed E-state index contributed by atoms with van der Waals surface area (Å²) in [6.45, 7) is 2.09. The first kappa shape index (κ1) is 23.7. The Hall–Kier alpha value is -2.30. The first-order valence-electron chi connectivity index (χ1n) is 10.1. The fourth-order valence-corrected chi connectivity index (χ4v) is 3.69. The van der Waals surface area contributed by atoms with E-state index in [0.717, 1.165) is 25.7 Å². The molecule has 0 aliphatic heterocycles. The molecule has 1 aliphatic rings. The van der Waals surface area contributed by atoms with Gasteiger partial charge >= 0.3 is 5.97 Å².